The fraction of sp³-hybridized carbons (Fsp3) is 0.250. The Bertz CT molecular complexity index is 927. The van der Waals surface area contributed by atoms with Crippen LogP contribution in [0.5, 0.6) is 0 Å². The molecule has 3 aromatic carbocycles. The van der Waals surface area contributed by atoms with Crippen molar-refractivity contribution in [3.63, 3.8) is 0 Å². The lowest BCUT2D eigenvalue weighted by Crippen LogP contribution is -2.01. The van der Waals surface area contributed by atoms with Gasteiger partial charge in [-0.2, -0.15) is 0 Å². The van der Waals surface area contributed by atoms with E-state index in [9.17, 15) is 13.2 Å². The Kier molecular flexibility index (Phi) is 6.00. The van der Waals surface area contributed by atoms with Crippen molar-refractivity contribution in [2.24, 2.45) is 0 Å². The molecule has 0 aliphatic carbocycles. The fourth-order valence-corrected chi connectivity index (χ4v) is 3.20. The molecule has 0 amide bonds. The lowest BCUT2D eigenvalue weighted by atomic mass is 9.98. The summed E-state index contributed by atoms with van der Waals surface area (Å²) in [5, 5.41) is 0. The average Bonchev–Trinajstić information content (AvgIpc) is 2.68. The summed E-state index contributed by atoms with van der Waals surface area (Å²) in [5.74, 6) is -1.67. The van der Waals surface area contributed by atoms with E-state index in [1.54, 1.807) is 25.1 Å². The van der Waals surface area contributed by atoms with Crippen molar-refractivity contribution in [1.29, 1.82) is 0 Å². The molecule has 0 bridgehead atoms. The molecule has 3 aromatic rings. The van der Waals surface area contributed by atoms with Gasteiger partial charge in [0.2, 0.25) is 0 Å². The number of halogens is 3. The zero-order valence-corrected chi connectivity index (χ0v) is 15.7. The highest BCUT2D eigenvalue weighted by Crippen LogP contribution is 2.23. The third-order valence-electron chi connectivity index (χ3n) is 4.90. The molecule has 0 aliphatic rings. The van der Waals surface area contributed by atoms with E-state index in [0.717, 1.165) is 23.1 Å². The SMILES string of the molecule is CCCc1ccc(CCc2ccc(-c3ccc(C)c(F)c3)cc2)c(F)c1F. The first kappa shape index (κ1) is 19.2. The van der Waals surface area contributed by atoms with Crippen LogP contribution < -0.4 is 0 Å². The molecule has 0 saturated carbocycles. The number of hydrogen-bond acceptors (Lipinski definition) is 0. The van der Waals surface area contributed by atoms with E-state index in [4.69, 9.17) is 0 Å². The normalized spacial score (nSPS) is 11.0. The summed E-state index contributed by atoms with van der Waals surface area (Å²) in [6.45, 7) is 3.68. The summed E-state index contributed by atoms with van der Waals surface area (Å²) in [6, 6.07) is 16.3. The molecule has 0 N–H and O–H groups in total. The van der Waals surface area contributed by atoms with Crippen LogP contribution >= 0.6 is 0 Å². The molecule has 0 spiro atoms. The number of aryl methyl sites for hydroxylation is 4. The maximum Gasteiger partial charge on any atom is 0.162 e. The average molecular weight is 368 g/mol. The second kappa shape index (κ2) is 8.43. The van der Waals surface area contributed by atoms with E-state index >= 15 is 0 Å². The molecule has 3 rings (SSSR count). The summed E-state index contributed by atoms with van der Waals surface area (Å²) in [6.07, 6.45) is 2.39. The van der Waals surface area contributed by atoms with E-state index in [2.05, 4.69) is 0 Å². The Morgan fingerprint density at radius 1 is 0.667 bits per heavy atom. The highest BCUT2D eigenvalue weighted by atomic mass is 19.2. The summed E-state index contributed by atoms with van der Waals surface area (Å²) in [5.41, 5.74) is 4.24. The summed E-state index contributed by atoms with van der Waals surface area (Å²) in [4.78, 5) is 0. The minimum absolute atomic E-state index is 0.222. The predicted octanol–water partition coefficient (Wildman–Crippen LogP) is 6.82. The van der Waals surface area contributed by atoms with Crippen LogP contribution in [0.3, 0.4) is 0 Å². The number of rotatable bonds is 6. The van der Waals surface area contributed by atoms with Gasteiger partial charge in [-0.15, -0.1) is 0 Å². The minimum atomic E-state index is -0.729. The molecule has 0 saturated heterocycles. The number of benzene rings is 3. The Morgan fingerprint density at radius 3 is 1.85 bits per heavy atom. The zero-order chi connectivity index (χ0) is 19.4. The summed E-state index contributed by atoms with van der Waals surface area (Å²) in [7, 11) is 0. The van der Waals surface area contributed by atoms with E-state index < -0.39 is 11.6 Å². The van der Waals surface area contributed by atoms with Gasteiger partial charge in [-0.3, -0.25) is 0 Å². The molecular weight excluding hydrogens is 345 g/mol. The van der Waals surface area contributed by atoms with Crippen LogP contribution in [0.2, 0.25) is 0 Å². The Hall–Kier alpha value is -2.55. The smallest absolute Gasteiger partial charge is 0.162 e. The fourth-order valence-electron chi connectivity index (χ4n) is 3.20. The molecule has 27 heavy (non-hydrogen) atoms. The Morgan fingerprint density at radius 2 is 1.26 bits per heavy atom. The predicted molar refractivity (Wildman–Crippen MR) is 104 cm³/mol. The van der Waals surface area contributed by atoms with Gasteiger partial charge in [0.05, 0.1) is 0 Å². The highest BCUT2D eigenvalue weighted by Gasteiger charge is 2.13. The van der Waals surface area contributed by atoms with Gasteiger partial charge in [0.1, 0.15) is 5.82 Å². The van der Waals surface area contributed by atoms with Crippen LogP contribution in [0.1, 0.15) is 35.6 Å². The van der Waals surface area contributed by atoms with Gasteiger partial charge in [0, 0.05) is 0 Å². The summed E-state index contributed by atoms with van der Waals surface area (Å²) < 4.78 is 42.0. The van der Waals surface area contributed by atoms with Gasteiger partial charge in [-0.25, -0.2) is 13.2 Å². The highest BCUT2D eigenvalue weighted by molar-refractivity contribution is 5.64. The quantitative estimate of drug-likeness (QED) is 0.448. The van der Waals surface area contributed by atoms with Crippen LogP contribution in [0.4, 0.5) is 13.2 Å². The molecule has 0 fully saturated rings. The number of hydrogen-bond donors (Lipinski definition) is 0. The van der Waals surface area contributed by atoms with Gasteiger partial charge < -0.3 is 0 Å². The van der Waals surface area contributed by atoms with Gasteiger partial charge in [-0.1, -0.05) is 61.9 Å². The van der Waals surface area contributed by atoms with Crippen molar-refractivity contribution in [2.75, 3.05) is 0 Å². The molecular formula is C24H23F3. The third kappa shape index (κ3) is 4.41. The van der Waals surface area contributed by atoms with Gasteiger partial charge in [0.25, 0.3) is 0 Å². The van der Waals surface area contributed by atoms with Crippen molar-refractivity contribution in [2.45, 2.75) is 39.5 Å². The van der Waals surface area contributed by atoms with Crippen LogP contribution in [-0.2, 0) is 19.3 Å². The maximum absolute atomic E-state index is 14.2. The van der Waals surface area contributed by atoms with E-state index in [0.29, 0.717) is 36.0 Å². The van der Waals surface area contributed by atoms with Crippen molar-refractivity contribution < 1.29 is 13.2 Å². The van der Waals surface area contributed by atoms with Crippen LogP contribution in [-0.4, -0.2) is 0 Å². The topological polar surface area (TPSA) is 0 Å². The molecule has 140 valence electrons. The molecule has 0 radical (unpaired) electrons. The lowest BCUT2D eigenvalue weighted by Gasteiger charge is -2.09. The zero-order valence-electron chi connectivity index (χ0n) is 15.7. The van der Waals surface area contributed by atoms with Gasteiger partial charge in [0.15, 0.2) is 11.6 Å². The van der Waals surface area contributed by atoms with Crippen LogP contribution in [0, 0.1) is 24.4 Å². The molecule has 0 aromatic heterocycles. The molecule has 0 atom stereocenters. The first-order valence-corrected chi connectivity index (χ1v) is 9.30. The largest absolute Gasteiger partial charge is 0.207 e. The Balaban J connectivity index is 1.70. The van der Waals surface area contributed by atoms with Crippen LogP contribution in [0.15, 0.2) is 54.6 Å². The van der Waals surface area contributed by atoms with Crippen molar-refractivity contribution in [3.8, 4) is 11.1 Å². The first-order chi connectivity index (χ1) is 13.0. The molecule has 0 nitrogen and oxygen atoms in total. The monoisotopic (exact) mass is 368 g/mol. The molecule has 0 heterocycles. The molecule has 0 aliphatic heterocycles. The first-order valence-electron chi connectivity index (χ1n) is 9.30. The molecule has 0 unspecified atom stereocenters. The second-order valence-electron chi connectivity index (χ2n) is 6.92. The van der Waals surface area contributed by atoms with E-state index in [-0.39, 0.29) is 5.82 Å². The van der Waals surface area contributed by atoms with Crippen LogP contribution in [0.25, 0.3) is 11.1 Å². The van der Waals surface area contributed by atoms with Gasteiger partial charge in [-0.05, 0) is 65.6 Å². The molecule has 3 heteroatoms. The Labute approximate surface area is 158 Å². The van der Waals surface area contributed by atoms with Crippen molar-refractivity contribution in [1.82, 2.24) is 0 Å². The maximum atomic E-state index is 14.2. The minimum Gasteiger partial charge on any atom is -0.207 e. The van der Waals surface area contributed by atoms with Crippen molar-refractivity contribution in [3.05, 3.63) is 94.3 Å². The standard InChI is InChI=1S/C24H23F3/c1-3-4-19-13-14-20(24(27)23(19)26)12-8-17-6-10-18(11-7-17)21-9-5-16(2)22(25)15-21/h5-7,9-11,13-15H,3-4,8,12H2,1-2H3. The third-order valence-corrected chi connectivity index (χ3v) is 4.90. The second-order valence-corrected chi connectivity index (χ2v) is 6.92. The lowest BCUT2D eigenvalue weighted by molar-refractivity contribution is 0.488. The van der Waals surface area contributed by atoms with E-state index in [1.165, 1.54) is 6.07 Å². The van der Waals surface area contributed by atoms with Crippen molar-refractivity contribution >= 4 is 0 Å². The summed E-state index contributed by atoms with van der Waals surface area (Å²) >= 11 is 0. The van der Waals surface area contributed by atoms with Gasteiger partial charge >= 0.3 is 0 Å². The van der Waals surface area contributed by atoms with E-state index in [1.807, 2.05) is 37.3 Å².